The zero-order valence-electron chi connectivity index (χ0n) is 9.51. The Morgan fingerprint density at radius 1 is 1.00 bits per heavy atom. The second kappa shape index (κ2) is 4.31. The molecule has 15 heavy (non-hydrogen) atoms. The number of esters is 1. The normalized spacial score (nSPS) is 12.1. The van der Waals surface area contributed by atoms with Crippen LogP contribution in [0.15, 0.2) is 0 Å². The summed E-state index contributed by atoms with van der Waals surface area (Å²) in [6.07, 6.45) is 0. The van der Waals surface area contributed by atoms with E-state index in [4.69, 9.17) is 11.6 Å². The van der Waals surface area contributed by atoms with E-state index in [2.05, 4.69) is 4.74 Å². The van der Waals surface area contributed by atoms with Crippen LogP contribution >= 0.6 is 11.6 Å². The third kappa shape index (κ3) is 2.56. The van der Waals surface area contributed by atoms with Crippen molar-refractivity contribution in [2.24, 2.45) is 10.8 Å². The Bertz CT molecular complexity index is 305. The van der Waals surface area contributed by atoms with Crippen LogP contribution in [-0.2, 0) is 19.1 Å². The predicted octanol–water partition coefficient (Wildman–Crippen LogP) is 1.55. The molecular formula is C10H15ClO4. The molecule has 0 rings (SSSR count). The number of ketones is 1. The molecule has 0 aliphatic carbocycles. The van der Waals surface area contributed by atoms with Gasteiger partial charge in [0.25, 0.3) is 0 Å². The fourth-order valence-corrected chi connectivity index (χ4v) is 1.30. The topological polar surface area (TPSA) is 60.4 Å². The Hall–Kier alpha value is -0.900. The van der Waals surface area contributed by atoms with E-state index < -0.39 is 27.8 Å². The molecule has 86 valence electrons. The standard InChI is InChI=1S/C10H15ClO4/c1-9(2,7(11)13)6(12)10(3,4)8(14)15-5/h1-5H3. The van der Waals surface area contributed by atoms with Gasteiger partial charge in [-0.15, -0.1) is 0 Å². The largest absolute Gasteiger partial charge is 0.468 e. The minimum atomic E-state index is -1.39. The first-order chi connectivity index (χ1) is 6.58. The lowest BCUT2D eigenvalue weighted by molar-refractivity contribution is -0.159. The summed E-state index contributed by atoms with van der Waals surface area (Å²) in [4.78, 5) is 34.3. The van der Waals surface area contributed by atoms with Gasteiger partial charge in [-0.1, -0.05) is 0 Å². The van der Waals surface area contributed by atoms with E-state index in [1.165, 1.54) is 34.8 Å². The second-order valence-corrected chi connectivity index (χ2v) is 4.69. The van der Waals surface area contributed by atoms with Crippen LogP contribution in [0.5, 0.6) is 0 Å². The molecule has 0 atom stereocenters. The highest BCUT2D eigenvalue weighted by molar-refractivity contribution is 6.66. The zero-order chi connectivity index (χ0) is 12.4. The lowest BCUT2D eigenvalue weighted by Crippen LogP contribution is -2.45. The van der Waals surface area contributed by atoms with Crippen molar-refractivity contribution in [3.05, 3.63) is 0 Å². The number of methoxy groups -OCH3 is 1. The number of carbonyl (C=O) groups excluding carboxylic acids is 3. The van der Waals surface area contributed by atoms with Crippen molar-refractivity contribution in [3.63, 3.8) is 0 Å². The number of ether oxygens (including phenoxy) is 1. The molecule has 0 saturated carbocycles. The van der Waals surface area contributed by atoms with Gasteiger partial charge in [0.1, 0.15) is 5.41 Å². The zero-order valence-corrected chi connectivity index (χ0v) is 10.3. The van der Waals surface area contributed by atoms with E-state index in [9.17, 15) is 14.4 Å². The first-order valence-corrected chi connectivity index (χ1v) is 4.79. The van der Waals surface area contributed by atoms with Crippen LogP contribution in [0.4, 0.5) is 0 Å². The van der Waals surface area contributed by atoms with E-state index >= 15 is 0 Å². The minimum Gasteiger partial charge on any atom is -0.468 e. The highest BCUT2D eigenvalue weighted by Gasteiger charge is 2.48. The average molecular weight is 235 g/mol. The Balaban J connectivity index is 5.18. The number of carbonyl (C=O) groups is 3. The maximum Gasteiger partial charge on any atom is 0.318 e. The molecule has 0 bridgehead atoms. The van der Waals surface area contributed by atoms with Crippen LogP contribution in [0.1, 0.15) is 27.7 Å². The van der Waals surface area contributed by atoms with Crippen molar-refractivity contribution in [1.82, 2.24) is 0 Å². The summed E-state index contributed by atoms with van der Waals surface area (Å²) in [5, 5.41) is -0.788. The van der Waals surface area contributed by atoms with E-state index in [0.29, 0.717) is 0 Å². The van der Waals surface area contributed by atoms with Crippen LogP contribution < -0.4 is 0 Å². The van der Waals surface area contributed by atoms with Crippen molar-refractivity contribution >= 4 is 28.6 Å². The van der Waals surface area contributed by atoms with E-state index in [0.717, 1.165) is 0 Å². The lowest BCUT2D eigenvalue weighted by Gasteiger charge is -2.28. The third-order valence-electron chi connectivity index (χ3n) is 2.32. The molecule has 0 aliphatic heterocycles. The molecule has 5 heteroatoms. The third-order valence-corrected chi connectivity index (χ3v) is 2.79. The van der Waals surface area contributed by atoms with Gasteiger partial charge in [0.15, 0.2) is 5.78 Å². The molecule has 0 radical (unpaired) electrons. The second-order valence-electron chi connectivity index (χ2n) is 4.34. The van der Waals surface area contributed by atoms with Gasteiger partial charge in [0.05, 0.1) is 12.5 Å². The molecule has 0 aromatic carbocycles. The van der Waals surface area contributed by atoms with Gasteiger partial charge in [-0.2, -0.15) is 0 Å². The van der Waals surface area contributed by atoms with Crippen molar-refractivity contribution < 1.29 is 19.1 Å². The van der Waals surface area contributed by atoms with Crippen molar-refractivity contribution in [2.75, 3.05) is 7.11 Å². The Morgan fingerprint density at radius 2 is 1.40 bits per heavy atom. The highest BCUT2D eigenvalue weighted by atomic mass is 35.5. The van der Waals surface area contributed by atoms with Gasteiger partial charge in [-0.25, -0.2) is 0 Å². The van der Waals surface area contributed by atoms with E-state index in [1.807, 2.05) is 0 Å². The Labute approximate surface area is 93.9 Å². The molecule has 0 spiro atoms. The average Bonchev–Trinajstić information content (AvgIpc) is 2.14. The van der Waals surface area contributed by atoms with Gasteiger partial charge >= 0.3 is 5.97 Å². The molecule has 0 unspecified atom stereocenters. The fourth-order valence-electron chi connectivity index (χ4n) is 1.22. The molecule has 4 nitrogen and oxygen atoms in total. The number of halogens is 1. The van der Waals surface area contributed by atoms with Crippen LogP contribution in [-0.4, -0.2) is 24.1 Å². The smallest absolute Gasteiger partial charge is 0.318 e. The van der Waals surface area contributed by atoms with E-state index in [1.54, 1.807) is 0 Å². The van der Waals surface area contributed by atoms with Gasteiger partial charge in [-0.3, -0.25) is 14.4 Å². The van der Waals surface area contributed by atoms with Gasteiger partial charge in [0.2, 0.25) is 5.24 Å². The highest BCUT2D eigenvalue weighted by Crippen LogP contribution is 2.32. The maximum absolute atomic E-state index is 11.9. The monoisotopic (exact) mass is 234 g/mol. The summed E-state index contributed by atoms with van der Waals surface area (Å²) in [5.41, 5.74) is -2.76. The number of rotatable bonds is 4. The number of hydrogen-bond acceptors (Lipinski definition) is 4. The van der Waals surface area contributed by atoms with Gasteiger partial charge in [-0.05, 0) is 39.3 Å². The van der Waals surface area contributed by atoms with Crippen molar-refractivity contribution in [2.45, 2.75) is 27.7 Å². The molecule has 0 fully saturated rings. The summed E-state index contributed by atoms with van der Waals surface area (Å²) < 4.78 is 4.50. The van der Waals surface area contributed by atoms with Crippen LogP contribution in [0, 0.1) is 10.8 Å². The van der Waals surface area contributed by atoms with Crippen molar-refractivity contribution in [3.8, 4) is 0 Å². The molecule has 0 N–H and O–H groups in total. The van der Waals surface area contributed by atoms with Gasteiger partial charge < -0.3 is 4.74 Å². The minimum absolute atomic E-state index is 0.554. The molecule has 0 aliphatic rings. The quantitative estimate of drug-likeness (QED) is 0.421. The molecule has 0 saturated heterocycles. The predicted molar refractivity (Wildman–Crippen MR) is 55.4 cm³/mol. The van der Waals surface area contributed by atoms with Gasteiger partial charge in [0, 0.05) is 0 Å². The molecule has 0 heterocycles. The first-order valence-electron chi connectivity index (χ1n) is 4.41. The maximum atomic E-state index is 11.9. The van der Waals surface area contributed by atoms with Crippen LogP contribution in [0.25, 0.3) is 0 Å². The summed E-state index contributed by atoms with van der Waals surface area (Å²) in [7, 11) is 1.19. The van der Waals surface area contributed by atoms with Crippen molar-refractivity contribution in [1.29, 1.82) is 0 Å². The summed E-state index contributed by atoms with van der Waals surface area (Å²) in [6.45, 7) is 5.58. The van der Waals surface area contributed by atoms with Crippen LogP contribution in [0.3, 0.4) is 0 Å². The lowest BCUT2D eigenvalue weighted by atomic mass is 9.74. The summed E-state index contributed by atoms with van der Waals surface area (Å²) in [6, 6.07) is 0. The number of Topliss-reactive ketones (excluding diaryl/α,β-unsaturated/α-hetero) is 1. The summed E-state index contributed by atoms with van der Waals surface area (Å²) >= 11 is 5.31. The fraction of sp³-hybridized carbons (Fsp3) is 0.700. The van der Waals surface area contributed by atoms with E-state index in [-0.39, 0.29) is 0 Å². The molecule has 0 amide bonds. The SMILES string of the molecule is COC(=O)C(C)(C)C(=O)C(C)(C)C(=O)Cl. The first kappa shape index (κ1) is 14.1. The van der Waals surface area contributed by atoms with Crippen LogP contribution in [0.2, 0.25) is 0 Å². The molecule has 0 aromatic heterocycles. The Morgan fingerprint density at radius 3 is 1.67 bits per heavy atom. The number of hydrogen-bond donors (Lipinski definition) is 0. The summed E-state index contributed by atoms with van der Waals surface area (Å²) in [5.74, 6) is -1.24. The Kier molecular flexibility index (Phi) is 4.05. The molecular weight excluding hydrogens is 220 g/mol. The molecule has 0 aromatic rings.